The van der Waals surface area contributed by atoms with Crippen LogP contribution in [0.3, 0.4) is 0 Å². The SMILES string of the molecule is Cc1cnc(-n2ncc3ccc(C4(C)CCC4)cc32)o1. The molecule has 102 valence electrons. The van der Waals surface area contributed by atoms with Crippen molar-refractivity contribution in [2.75, 3.05) is 0 Å². The molecule has 0 spiro atoms. The molecule has 0 saturated heterocycles. The Balaban J connectivity index is 1.88. The molecule has 20 heavy (non-hydrogen) atoms. The molecule has 0 aliphatic heterocycles. The molecule has 0 bridgehead atoms. The molecule has 1 aliphatic carbocycles. The number of rotatable bonds is 2. The lowest BCUT2D eigenvalue weighted by molar-refractivity contribution is 0.272. The monoisotopic (exact) mass is 267 g/mol. The zero-order chi connectivity index (χ0) is 13.7. The van der Waals surface area contributed by atoms with Crippen molar-refractivity contribution in [3.05, 3.63) is 41.9 Å². The molecule has 1 aromatic carbocycles. The summed E-state index contributed by atoms with van der Waals surface area (Å²) >= 11 is 0. The van der Waals surface area contributed by atoms with Crippen molar-refractivity contribution < 1.29 is 4.42 Å². The molecular weight excluding hydrogens is 250 g/mol. The topological polar surface area (TPSA) is 43.9 Å². The van der Waals surface area contributed by atoms with Gasteiger partial charge in [0.1, 0.15) is 5.76 Å². The highest BCUT2D eigenvalue weighted by Crippen LogP contribution is 2.43. The first-order chi connectivity index (χ1) is 9.66. The van der Waals surface area contributed by atoms with E-state index in [4.69, 9.17) is 4.42 Å². The summed E-state index contributed by atoms with van der Waals surface area (Å²) in [5, 5.41) is 5.52. The first-order valence-electron chi connectivity index (χ1n) is 7.07. The van der Waals surface area contributed by atoms with Crippen LogP contribution >= 0.6 is 0 Å². The van der Waals surface area contributed by atoms with E-state index in [2.05, 4.69) is 35.2 Å². The second kappa shape index (κ2) is 3.95. The van der Waals surface area contributed by atoms with Crippen molar-refractivity contribution in [2.45, 2.75) is 38.5 Å². The third kappa shape index (κ3) is 1.60. The number of hydrogen-bond acceptors (Lipinski definition) is 3. The van der Waals surface area contributed by atoms with Crippen molar-refractivity contribution in [1.29, 1.82) is 0 Å². The number of hydrogen-bond donors (Lipinski definition) is 0. The summed E-state index contributed by atoms with van der Waals surface area (Å²) < 4.78 is 7.38. The maximum Gasteiger partial charge on any atom is 0.323 e. The van der Waals surface area contributed by atoms with E-state index in [0.29, 0.717) is 11.4 Å². The van der Waals surface area contributed by atoms with E-state index in [1.165, 1.54) is 24.8 Å². The Morgan fingerprint density at radius 2 is 2.10 bits per heavy atom. The van der Waals surface area contributed by atoms with Crippen LogP contribution in [0.25, 0.3) is 16.9 Å². The van der Waals surface area contributed by atoms with Crippen LogP contribution in [0.1, 0.15) is 37.5 Å². The average Bonchev–Trinajstić information content (AvgIpc) is 3.01. The van der Waals surface area contributed by atoms with E-state index in [-0.39, 0.29) is 0 Å². The number of aromatic nitrogens is 3. The van der Waals surface area contributed by atoms with E-state index < -0.39 is 0 Å². The van der Waals surface area contributed by atoms with Crippen molar-refractivity contribution in [3.8, 4) is 6.01 Å². The first kappa shape index (κ1) is 11.7. The number of nitrogens with zero attached hydrogens (tertiary/aromatic N) is 3. The lowest BCUT2D eigenvalue weighted by atomic mass is 9.66. The Kier molecular flexibility index (Phi) is 2.31. The molecule has 4 nitrogen and oxygen atoms in total. The Bertz CT molecular complexity index is 780. The lowest BCUT2D eigenvalue weighted by Crippen LogP contribution is -2.30. The quantitative estimate of drug-likeness (QED) is 0.710. The fraction of sp³-hybridized carbons (Fsp3) is 0.375. The fourth-order valence-electron chi connectivity index (χ4n) is 2.98. The zero-order valence-corrected chi connectivity index (χ0v) is 11.8. The van der Waals surface area contributed by atoms with E-state index in [0.717, 1.165) is 16.7 Å². The van der Waals surface area contributed by atoms with E-state index in [1.54, 1.807) is 10.9 Å². The van der Waals surface area contributed by atoms with Gasteiger partial charge in [-0.2, -0.15) is 14.8 Å². The second-order valence-corrected chi connectivity index (χ2v) is 6.00. The molecule has 0 N–H and O–H groups in total. The highest BCUT2D eigenvalue weighted by atomic mass is 16.4. The van der Waals surface area contributed by atoms with Gasteiger partial charge in [-0.15, -0.1) is 0 Å². The molecule has 1 aliphatic rings. The standard InChI is InChI=1S/C16H17N3O/c1-11-9-17-15(20-11)19-14-8-13(16(2)6-3-7-16)5-4-12(14)10-18-19/h4-5,8-10H,3,6-7H2,1-2H3. The molecule has 0 unspecified atom stereocenters. The molecule has 1 saturated carbocycles. The average molecular weight is 267 g/mol. The maximum absolute atomic E-state index is 5.59. The molecule has 0 atom stereocenters. The van der Waals surface area contributed by atoms with Crippen LogP contribution in [0.4, 0.5) is 0 Å². The van der Waals surface area contributed by atoms with E-state index in [9.17, 15) is 0 Å². The van der Waals surface area contributed by atoms with Gasteiger partial charge in [-0.3, -0.25) is 0 Å². The minimum absolute atomic E-state index is 0.329. The molecule has 2 aromatic heterocycles. The largest absolute Gasteiger partial charge is 0.427 e. The smallest absolute Gasteiger partial charge is 0.323 e. The van der Waals surface area contributed by atoms with Crippen LogP contribution in [0, 0.1) is 6.92 Å². The summed E-state index contributed by atoms with van der Waals surface area (Å²) in [4.78, 5) is 4.27. The number of benzene rings is 1. The minimum Gasteiger partial charge on any atom is -0.427 e. The predicted octanol–water partition coefficient (Wildman–Crippen LogP) is 3.76. The predicted molar refractivity (Wildman–Crippen MR) is 77.1 cm³/mol. The van der Waals surface area contributed by atoms with Gasteiger partial charge in [0.25, 0.3) is 0 Å². The van der Waals surface area contributed by atoms with E-state index >= 15 is 0 Å². The molecule has 1 fully saturated rings. The highest BCUT2D eigenvalue weighted by molar-refractivity contribution is 5.80. The zero-order valence-electron chi connectivity index (χ0n) is 11.8. The van der Waals surface area contributed by atoms with Gasteiger partial charge >= 0.3 is 6.01 Å². The first-order valence-corrected chi connectivity index (χ1v) is 7.07. The van der Waals surface area contributed by atoms with Crippen molar-refractivity contribution in [2.24, 2.45) is 0 Å². The summed E-state index contributed by atoms with van der Waals surface area (Å²) in [6, 6.07) is 7.15. The number of fused-ring (bicyclic) bond motifs is 1. The van der Waals surface area contributed by atoms with Crippen LogP contribution in [0.15, 0.2) is 35.0 Å². The summed E-state index contributed by atoms with van der Waals surface area (Å²) in [5.74, 6) is 0.797. The fourth-order valence-corrected chi connectivity index (χ4v) is 2.98. The molecule has 0 radical (unpaired) electrons. The summed E-state index contributed by atoms with van der Waals surface area (Å²) in [6.07, 6.45) is 7.45. The van der Waals surface area contributed by atoms with Gasteiger partial charge in [0.05, 0.1) is 17.9 Å². The van der Waals surface area contributed by atoms with Gasteiger partial charge in [0.15, 0.2) is 0 Å². The Labute approximate surface area is 117 Å². The molecule has 0 amide bonds. The minimum atomic E-state index is 0.329. The Morgan fingerprint density at radius 3 is 2.75 bits per heavy atom. The third-order valence-electron chi connectivity index (χ3n) is 4.52. The van der Waals surface area contributed by atoms with Crippen LogP contribution in [0.2, 0.25) is 0 Å². The van der Waals surface area contributed by atoms with Gasteiger partial charge in [0, 0.05) is 5.39 Å². The summed E-state index contributed by atoms with van der Waals surface area (Å²) in [7, 11) is 0. The van der Waals surface area contributed by atoms with E-state index in [1.807, 2.05) is 13.1 Å². The molecular formula is C16H17N3O. The van der Waals surface area contributed by atoms with Crippen LogP contribution in [0.5, 0.6) is 0 Å². The van der Waals surface area contributed by atoms with Gasteiger partial charge in [0.2, 0.25) is 0 Å². The van der Waals surface area contributed by atoms with Gasteiger partial charge in [-0.25, -0.2) is 0 Å². The number of aryl methyl sites for hydroxylation is 1. The number of oxazole rings is 1. The Hall–Kier alpha value is -2.10. The van der Waals surface area contributed by atoms with Crippen LogP contribution in [-0.2, 0) is 5.41 Å². The van der Waals surface area contributed by atoms with Gasteiger partial charge in [-0.05, 0) is 36.8 Å². The van der Waals surface area contributed by atoms with Gasteiger partial charge in [-0.1, -0.05) is 25.5 Å². The molecule has 2 heterocycles. The maximum atomic E-state index is 5.59. The van der Waals surface area contributed by atoms with Crippen LogP contribution in [-0.4, -0.2) is 14.8 Å². The van der Waals surface area contributed by atoms with Gasteiger partial charge < -0.3 is 4.42 Å². The lowest BCUT2D eigenvalue weighted by Gasteiger charge is -2.39. The molecule has 4 rings (SSSR count). The summed E-state index contributed by atoms with van der Waals surface area (Å²) in [5.41, 5.74) is 2.79. The Morgan fingerprint density at radius 1 is 1.25 bits per heavy atom. The molecule has 4 heteroatoms. The molecule has 3 aromatic rings. The summed E-state index contributed by atoms with van der Waals surface area (Å²) in [6.45, 7) is 4.23. The third-order valence-corrected chi connectivity index (χ3v) is 4.52. The van der Waals surface area contributed by atoms with Crippen molar-refractivity contribution in [3.63, 3.8) is 0 Å². The second-order valence-electron chi connectivity index (χ2n) is 6.00. The van der Waals surface area contributed by atoms with Crippen molar-refractivity contribution in [1.82, 2.24) is 14.8 Å². The highest BCUT2D eigenvalue weighted by Gasteiger charge is 2.33. The van der Waals surface area contributed by atoms with Crippen LogP contribution < -0.4 is 0 Å². The van der Waals surface area contributed by atoms with Crippen molar-refractivity contribution >= 4 is 10.9 Å². The normalized spacial score (nSPS) is 17.3.